The first-order valence-electron chi connectivity index (χ1n) is 9.28. The number of carbonyl (C=O) groups is 2. The summed E-state index contributed by atoms with van der Waals surface area (Å²) in [7, 11) is 0.578. The molecule has 0 aliphatic carbocycles. The van der Waals surface area contributed by atoms with Crippen molar-refractivity contribution < 1.29 is 22.7 Å². The maximum atomic E-state index is 12.8. The quantitative estimate of drug-likeness (QED) is 0.564. The summed E-state index contributed by atoms with van der Waals surface area (Å²) in [5.41, 5.74) is 2.10. The molecule has 0 fully saturated rings. The molecule has 0 atom stereocenters. The maximum Gasteiger partial charge on any atom is 0.341 e. The zero-order chi connectivity index (χ0) is 22.8. The van der Waals surface area contributed by atoms with Gasteiger partial charge in [0.05, 0.1) is 12.0 Å². The van der Waals surface area contributed by atoms with Gasteiger partial charge in [0.15, 0.2) is 0 Å². The molecule has 1 aromatic heterocycles. The van der Waals surface area contributed by atoms with Gasteiger partial charge in [0.1, 0.15) is 10.6 Å². The molecule has 0 unspecified atom stereocenters. The molecule has 9 heteroatoms. The first kappa shape index (κ1) is 22.7. The molecule has 0 radical (unpaired) electrons. The van der Waals surface area contributed by atoms with Crippen LogP contribution >= 0.6 is 11.3 Å². The molecule has 0 saturated heterocycles. The van der Waals surface area contributed by atoms with Crippen molar-refractivity contribution in [1.29, 1.82) is 0 Å². The van der Waals surface area contributed by atoms with Crippen molar-refractivity contribution in [3.8, 4) is 11.1 Å². The molecule has 0 aliphatic heterocycles. The Kier molecular flexibility index (Phi) is 6.59. The lowest BCUT2D eigenvalue weighted by Crippen LogP contribution is -2.22. The first-order chi connectivity index (χ1) is 14.7. The number of nitrogens with one attached hydrogen (secondary N) is 1. The first-order valence-corrected chi connectivity index (χ1v) is 11.5. The highest BCUT2D eigenvalue weighted by Gasteiger charge is 2.25. The van der Waals surface area contributed by atoms with Gasteiger partial charge in [0, 0.05) is 30.1 Å². The maximum absolute atomic E-state index is 12.8. The lowest BCUT2D eigenvalue weighted by atomic mass is 10.0. The highest BCUT2D eigenvalue weighted by atomic mass is 32.2. The van der Waals surface area contributed by atoms with E-state index < -0.39 is 21.9 Å². The van der Waals surface area contributed by atoms with Crippen LogP contribution in [0.15, 0.2) is 59.5 Å². The number of hydrogen-bond acceptors (Lipinski definition) is 6. The molecule has 3 aromatic rings. The molecular formula is C22H22N2O5S2. The van der Waals surface area contributed by atoms with Crippen LogP contribution in [0.4, 0.5) is 5.00 Å². The third kappa shape index (κ3) is 4.53. The molecule has 0 bridgehead atoms. The molecule has 0 saturated carbocycles. The number of amides is 1. The van der Waals surface area contributed by atoms with E-state index >= 15 is 0 Å². The molecule has 2 aromatic carbocycles. The number of nitrogens with zero attached hydrogens (tertiary/aromatic N) is 1. The second-order valence-corrected chi connectivity index (χ2v) is 10.2. The number of carbonyl (C=O) groups excluding carboxylic acids is 2. The van der Waals surface area contributed by atoms with Crippen molar-refractivity contribution >= 4 is 38.2 Å². The Hall–Kier alpha value is -3.01. The van der Waals surface area contributed by atoms with Gasteiger partial charge in [0.2, 0.25) is 10.0 Å². The van der Waals surface area contributed by atoms with Gasteiger partial charge in [-0.25, -0.2) is 17.5 Å². The average Bonchev–Trinajstić information content (AvgIpc) is 3.09. The van der Waals surface area contributed by atoms with Crippen LogP contribution in [0.25, 0.3) is 11.1 Å². The standard InChI is InChI=1S/C22H22N2O5S2/c1-14-18(15-8-6-5-7-9-15)19(22(26)29-4)21(30-14)23-20(25)16-10-12-17(13-11-16)31(27,28)24(2)3/h5-13H,1-4H3,(H,23,25). The monoisotopic (exact) mass is 458 g/mol. The van der Waals surface area contributed by atoms with Gasteiger partial charge in [-0.1, -0.05) is 30.3 Å². The number of benzene rings is 2. The minimum Gasteiger partial charge on any atom is -0.465 e. The van der Waals surface area contributed by atoms with Crippen molar-refractivity contribution in [2.75, 3.05) is 26.5 Å². The Balaban J connectivity index is 1.96. The fourth-order valence-electron chi connectivity index (χ4n) is 3.05. The van der Waals surface area contributed by atoms with Crippen LogP contribution in [0.2, 0.25) is 0 Å². The molecule has 1 N–H and O–H groups in total. The Morgan fingerprint density at radius 1 is 1.00 bits per heavy atom. The highest BCUT2D eigenvalue weighted by molar-refractivity contribution is 7.89. The third-order valence-electron chi connectivity index (χ3n) is 4.66. The predicted octanol–water partition coefficient (Wildman–Crippen LogP) is 4.01. The molecule has 162 valence electrons. The summed E-state index contributed by atoms with van der Waals surface area (Å²) >= 11 is 1.28. The number of hydrogen-bond donors (Lipinski definition) is 1. The van der Waals surface area contributed by atoms with Gasteiger partial charge in [-0.3, -0.25) is 4.79 Å². The summed E-state index contributed by atoms with van der Waals surface area (Å²) in [6, 6.07) is 15.0. The summed E-state index contributed by atoms with van der Waals surface area (Å²) in [5, 5.41) is 3.15. The highest BCUT2D eigenvalue weighted by Crippen LogP contribution is 2.40. The van der Waals surface area contributed by atoms with Crippen LogP contribution in [-0.2, 0) is 14.8 Å². The van der Waals surface area contributed by atoms with Gasteiger partial charge >= 0.3 is 5.97 Å². The normalized spacial score (nSPS) is 11.4. The number of methoxy groups -OCH3 is 1. The van der Waals surface area contributed by atoms with Crippen molar-refractivity contribution in [2.24, 2.45) is 0 Å². The molecular weight excluding hydrogens is 436 g/mol. The summed E-state index contributed by atoms with van der Waals surface area (Å²) in [6.07, 6.45) is 0. The zero-order valence-corrected chi connectivity index (χ0v) is 19.1. The number of anilines is 1. The topological polar surface area (TPSA) is 92.8 Å². The van der Waals surface area contributed by atoms with E-state index in [0.717, 1.165) is 14.7 Å². The van der Waals surface area contributed by atoms with Crippen LogP contribution in [0.5, 0.6) is 0 Å². The predicted molar refractivity (Wildman–Crippen MR) is 121 cm³/mol. The summed E-state index contributed by atoms with van der Waals surface area (Å²) in [4.78, 5) is 26.3. The Morgan fingerprint density at radius 3 is 2.16 bits per heavy atom. The minimum absolute atomic E-state index is 0.0858. The Labute approximate surface area is 185 Å². The molecule has 7 nitrogen and oxygen atoms in total. The van der Waals surface area contributed by atoms with E-state index in [-0.39, 0.29) is 16.0 Å². The second kappa shape index (κ2) is 9.01. The van der Waals surface area contributed by atoms with Crippen molar-refractivity contribution in [2.45, 2.75) is 11.8 Å². The number of ether oxygens (including phenoxy) is 1. The lowest BCUT2D eigenvalue weighted by molar-refractivity contribution is 0.0603. The van der Waals surface area contributed by atoms with E-state index in [1.807, 2.05) is 37.3 Å². The van der Waals surface area contributed by atoms with Crippen LogP contribution < -0.4 is 5.32 Å². The van der Waals surface area contributed by atoms with Crippen molar-refractivity contribution in [3.63, 3.8) is 0 Å². The van der Waals surface area contributed by atoms with E-state index in [9.17, 15) is 18.0 Å². The third-order valence-corrected chi connectivity index (χ3v) is 7.51. The van der Waals surface area contributed by atoms with Crippen LogP contribution in [-0.4, -0.2) is 45.8 Å². The second-order valence-electron chi connectivity index (χ2n) is 6.86. The number of sulfonamides is 1. The number of aryl methyl sites for hydroxylation is 1. The van der Waals surface area contributed by atoms with E-state index in [1.165, 1.54) is 56.8 Å². The van der Waals surface area contributed by atoms with Gasteiger partial charge in [-0.15, -0.1) is 11.3 Å². The van der Waals surface area contributed by atoms with E-state index in [4.69, 9.17) is 4.74 Å². The van der Waals surface area contributed by atoms with E-state index in [1.54, 1.807) is 0 Å². The smallest absolute Gasteiger partial charge is 0.341 e. The average molecular weight is 459 g/mol. The van der Waals surface area contributed by atoms with Crippen LogP contribution in [0.1, 0.15) is 25.6 Å². The van der Waals surface area contributed by atoms with Crippen molar-refractivity contribution in [1.82, 2.24) is 4.31 Å². The van der Waals surface area contributed by atoms with Crippen LogP contribution in [0, 0.1) is 6.92 Å². The van der Waals surface area contributed by atoms with Gasteiger partial charge in [0.25, 0.3) is 5.91 Å². The van der Waals surface area contributed by atoms with Gasteiger partial charge in [-0.05, 0) is 36.8 Å². The van der Waals surface area contributed by atoms with Gasteiger partial charge < -0.3 is 10.1 Å². The minimum atomic E-state index is -3.59. The van der Waals surface area contributed by atoms with Crippen LogP contribution in [0.3, 0.4) is 0 Å². The fraction of sp³-hybridized carbons (Fsp3) is 0.182. The molecule has 1 heterocycles. The number of rotatable bonds is 6. The fourth-order valence-corrected chi connectivity index (χ4v) is 5.01. The Bertz CT molecular complexity index is 1210. The Morgan fingerprint density at radius 2 is 1.61 bits per heavy atom. The molecule has 0 aliphatic rings. The van der Waals surface area contributed by atoms with E-state index in [2.05, 4.69) is 5.32 Å². The van der Waals surface area contributed by atoms with E-state index in [0.29, 0.717) is 10.6 Å². The molecule has 1 amide bonds. The number of thiophene rings is 1. The lowest BCUT2D eigenvalue weighted by Gasteiger charge is -2.12. The molecule has 3 rings (SSSR count). The zero-order valence-electron chi connectivity index (χ0n) is 17.5. The summed E-state index contributed by atoms with van der Waals surface area (Å²) in [5.74, 6) is -1.01. The molecule has 0 spiro atoms. The largest absolute Gasteiger partial charge is 0.465 e. The summed E-state index contributed by atoms with van der Waals surface area (Å²) in [6.45, 7) is 1.87. The van der Waals surface area contributed by atoms with Gasteiger partial charge in [-0.2, -0.15) is 0 Å². The van der Waals surface area contributed by atoms with Crippen molar-refractivity contribution in [3.05, 3.63) is 70.6 Å². The summed E-state index contributed by atoms with van der Waals surface area (Å²) < 4.78 is 30.5. The number of esters is 1. The SMILES string of the molecule is COC(=O)c1c(NC(=O)c2ccc(S(=O)(=O)N(C)C)cc2)sc(C)c1-c1ccccc1. The molecule has 31 heavy (non-hydrogen) atoms.